The highest BCUT2D eigenvalue weighted by atomic mass is 35.5. The second-order valence-corrected chi connectivity index (χ2v) is 7.91. The molecule has 0 spiro atoms. The fraction of sp³-hybridized carbons (Fsp3) is 0.471. The van der Waals surface area contributed by atoms with E-state index in [4.69, 9.17) is 16.6 Å². The van der Waals surface area contributed by atoms with Gasteiger partial charge in [-0.25, -0.2) is 4.98 Å². The summed E-state index contributed by atoms with van der Waals surface area (Å²) in [6.07, 6.45) is 0. The van der Waals surface area contributed by atoms with Crippen molar-refractivity contribution in [3.63, 3.8) is 0 Å². The van der Waals surface area contributed by atoms with Crippen LogP contribution in [-0.2, 0) is 12.0 Å². The zero-order chi connectivity index (χ0) is 15.6. The molecule has 4 heteroatoms. The van der Waals surface area contributed by atoms with Crippen molar-refractivity contribution in [2.75, 3.05) is 0 Å². The van der Waals surface area contributed by atoms with Crippen molar-refractivity contribution in [3.05, 3.63) is 50.4 Å². The molecule has 0 radical (unpaired) electrons. The lowest BCUT2D eigenvalue weighted by atomic mass is 9.98. The molecule has 1 aromatic carbocycles. The molecule has 0 aliphatic heterocycles. The van der Waals surface area contributed by atoms with Gasteiger partial charge < -0.3 is 5.32 Å². The van der Waals surface area contributed by atoms with Gasteiger partial charge in [-0.1, -0.05) is 44.5 Å². The number of hydrogen-bond acceptors (Lipinski definition) is 3. The minimum Gasteiger partial charge on any atom is -0.305 e. The number of rotatable bonds is 4. The molecular formula is C17H23ClN2S. The van der Waals surface area contributed by atoms with E-state index in [0.717, 1.165) is 17.3 Å². The van der Waals surface area contributed by atoms with Crippen LogP contribution < -0.4 is 5.32 Å². The van der Waals surface area contributed by atoms with E-state index in [1.165, 1.54) is 15.4 Å². The van der Waals surface area contributed by atoms with Crippen molar-refractivity contribution >= 4 is 22.9 Å². The zero-order valence-electron chi connectivity index (χ0n) is 13.3. The van der Waals surface area contributed by atoms with Gasteiger partial charge in [0.05, 0.1) is 10.7 Å². The zero-order valence-corrected chi connectivity index (χ0v) is 14.9. The Kier molecular flexibility index (Phi) is 5.07. The Morgan fingerprint density at radius 1 is 1.24 bits per heavy atom. The lowest BCUT2D eigenvalue weighted by molar-refractivity contribution is 0.577. The predicted molar refractivity (Wildman–Crippen MR) is 92.3 cm³/mol. The van der Waals surface area contributed by atoms with E-state index in [2.05, 4.69) is 52.1 Å². The van der Waals surface area contributed by atoms with Gasteiger partial charge in [0.1, 0.15) is 0 Å². The molecule has 1 aromatic heterocycles. The van der Waals surface area contributed by atoms with Crippen LogP contribution in [0.25, 0.3) is 0 Å². The summed E-state index contributed by atoms with van der Waals surface area (Å²) in [6, 6.07) is 8.27. The molecule has 1 N–H and O–H groups in total. The van der Waals surface area contributed by atoms with Crippen LogP contribution in [0.2, 0.25) is 5.02 Å². The Hall–Kier alpha value is -0.900. The fourth-order valence-corrected chi connectivity index (χ4v) is 3.37. The van der Waals surface area contributed by atoms with Gasteiger partial charge >= 0.3 is 0 Å². The van der Waals surface area contributed by atoms with Gasteiger partial charge in [-0.05, 0) is 31.5 Å². The van der Waals surface area contributed by atoms with Crippen LogP contribution in [0.15, 0.2) is 24.3 Å². The highest BCUT2D eigenvalue weighted by molar-refractivity contribution is 7.12. The molecule has 0 bridgehead atoms. The van der Waals surface area contributed by atoms with Crippen LogP contribution in [0.4, 0.5) is 0 Å². The first-order chi connectivity index (χ1) is 9.77. The third-order valence-electron chi connectivity index (χ3n) is 3.39. The molecule has 0 saturated carbocycles. The van der Waals surface area contributed by atoms with Crippen LogP contribution in [0.3, 0.4) is 0 Å². The molecule has 0 amide bonds. The highest BCUT2D eigenvalue weighted by Gasteiger charge is 2.22. The summed E-state index contributed by atoms with van der Waals surface area (Å²) in [5.74, 6) is 0. The van der Waals surface area contributed by atoms with Gasteiger partial charge in [0.25, 0.3) is 0 Å². The maximum absolute atomic E-state index is 5.91. The molecular weight excluding hydrogens is 300 g/mol. The normalized spacial score (nSPS) is 13.4. The molecule has 21 heavy (non-hydrogen) atoms. The Morgan fingerprint density at radius 2 is 1.86 bits per heavy atom. The van der Waals surface area contributed by atoms with Crippen LogP contribution in [0.1, 0.15) is 54.9 Å². The van der Waals surface area contributed by atoms with E-state index < -0.39 is 0 Å². The number of nitrogens with one attached hydrogen (secondary N) is 1. The minimum atomic E-state index is 0.115. The lowest BCUT2D eigenvalue weighted by Gasteiger charge is -2.14. The van der Waals surface area contributed by atoms with Gasteiger partial charge in [-0.2, -0.15) is 0 Å². The summed E-state index contributed by atoms with van der Waals surface area (Å²) < 4.78 is 0. The SMILES string of the molecule is Cc1nc(C(C)(C)C)sc1C(C)NCc1ccc(Cl)cc1. The quantitative estimate of drug-likeness (QED) is 0.831. The van der Waals surface area contributed by atoms with E-state index in [9.17, 15) is 0 Å². The van der Waals surface area contributed by atoms with Crippen LogP contribution >= 0.6 is 22.9 Å². The van der Waals surface area contributed by atoms with Crippen molar-refractivity contribution in [1.82, 2.24) is 10.3 Å². The molecule has 1 unspecified atom stereocenters. The maximum atomic E-state index is 5.91. The van der Waals surface area contributed by atoms with Gasteiger partial charge in [0.2, 0.25) is 0 Å². The van der Waals surface area contributed by atoms with Gasteiger partial charge in [-0.3, -0.25) is 0 Å². The summed E-state index contributed by atoms with van der Waals surface area (Å²) in [6.45, 7) is 11.8. The average molecular weight is 323 g/mol. The van der Waals surface area contributed by atoms with E-state index in [1.807, 2.05) is 23.5 Å². The van der Waals surface area contributed by atoms with Crippen LogP contribution in [-0.4, -0.2) is 4.98 Å². The number of benzene rings is 1. The van der Waals surface area contributed by atoms with E-state index >= 15 is 0 Å². The topological polar surface area (TPSA) is 24.9 Å². The van der Waals surface area contributed by atoms with Crippen molar-refractivity contribution < 1.29 is 0 Å². The van der Waals surface area contributed by atoms with E-state index in [0.29, 0.717) is 6.04 Å². The van der Waals surface area contributed by atoms with E-state index in [1.54, 1.807) is 0 Å². The van der Waals surface area contributed by atoms with Crippen molar-refractivity contribution in [3.8, 4) is 0 Å². The third kappa shape index (κ3) is 4.29. The highest BCUT2D eigenvalue weighted by Crippen LogP contribution is 2.32. The molecule has 0 aliphatic rings. The molecule has 2 aromatic rings. The largest absolute Gasteiger partial charge is 0.305 e. The first-order valence-electron chi connectivity index (χ1n) is 7.23. The summed E-state index contributed by atoms with van der Waals surface area (Å²) in [4.78, 5) is 6.06. The monoisotopic (exact) mass is 322 g/mol. The summed E-state index contributed by atoms with van der Waals surface area (Å²) in [5, 5.41) is 5.55. The Balaban J connectivity index is 2.05. The Labute approximate surface area is 136 Å². The minimum absolute atomic E-state index is 0.115. The number of aromatic nitrogens is 1. The molecule has 2 rings (SSSR count). The average Bonchev–Trinajstić information content (AvgIpc) is 2.80. The molecule has 1 atom stereocenters. The third-order valence-corrected chi connectivity index (χ3v) is 5.41. The smallest absolute Gasteiger partial charge is 0.0985 e. The number of hydrogen-bond donors (Lipinski definition) is 1. The molecule has 2 nitrogen and oxygen atoms in total. The van der Waals surface area contributed by atoms with Gasteiger partial charge in [0.15, 0.2) is 0 Å². The molecule has 114 valence electrons. The van der Waals surface area contributed by atoms with Crippen molar-refractivity contribution in [1.29, 1.82) is 0 Å². The molecule has 0 saturated heterocycles. The summed E-state index contributed by atoms with van der Waals surface area (Å²) in [5.41, 5.74) is 2.49. The predicted octanol–water partition coefficient (Wildman–Crippen LogP) is 5.25. The number of halogens is 1. The molecule has 0 fully saturated rings. The van der Waals surface area contributed by atoms with Crippen molar-refractivity contribution in [2.45, 2.75) is 52.6 Å². The van der Waals surface area contributed by atoms with Gasteiger partial charge in [0, 0.05) is 27.9 Å². The fourth-order valence-electron chi connectivity index (χ4n) is 2.10. The standard InChI is InChI=1S/C17H23ClN2S/c1-11(19-10-13-6-8-14(18)9-7-13)15-12(2)20-16(21-15)17(3,4)5/h6-9,11,19H,10H2,1-5H3. The number of thiazole rings is 1. The van der Waals surface area contributed by atoms with Crippen molar-refractivity contribution in [2.24, 2.45) is 0 Å². The lowest BCUT2D eigenvalue weighted by Crippen LogP contribution is -2.17. The number of aryl methyl sites for hydroxylation is 1. The Morgan fingerprint density at radius 3 is 2.38 bits per heavy atom. The van der Waals surface area contributed by atoms with Gasteiger partial charge in [-0.15, -0.1) is 11.3 Å². The maximum Gasteiger partial charge on any atom is 0.0985 e. The second kappa shape index (κ2) is 6.47. The Bertz CT molecular complexity index is 596. The summed E-state index contributed by atoms with van der Waals surface area (Å²) >= 11 is 7.73. The summed E-state index contributed by atoms with van der Waals surface area (Å²) in [7, 11) is 0. The second-order valence-electron chi connectivity index (χ2n) is 6.45. The van der Waals surface area contributed by atoms with Crippen LogP contribution in [0, 0.1) is 6.92 Å². The number of nitrogens with zero attached hydrogens (tertiary/aromatic N) is 1. The first kappa shape index (κ1) is 16.5. The van der Waals surface area contributed by atoms with E-state index in [-0.39, 0.29) is 5.41 Å². The van der Waals surface area contributed by atoms with Crippen LogP contribution in [0.5, 0.6) is 0 Å². The molecule has 0 aliphatic carbocycles. The first-order valence-corrected chi connectivity index (χ1v) is 8.42. The molecule has 1 heterocycles.